The standard InChI is InChI=1S/C15H14BrF2NO/c1-20-13-7-3-5-10(17)14(13)12(19)8-9-4-2-6-11(18)15(9)16/h2-7,12H,8,19H2,1H3. The first kappa shape index (κ1) is 14.9. The van der Waals surface area contributed by atoms with Crippen molar-refractivity contribution in [1.29, 1.82) is 0 Å². The highest BCUT2D eigenvalue weighted by molar-refractivity contribution is 9.10. The van der Waals surface area contributed by atoms with Crippen LogP contribution in [0.5, 0.6) is 5.75 Å². The van der Waals surface area contributed by atoms with Gasteiger partial charge in [0.05, 0.1) is 11.6 Å². The van der Waals surface area contributed by atoms with Crippen molar-refractivity contribution in [2.45, 2.75) is 12.5 Å². The van der Waals surface area contributed by atoms with Gasteiger partial charge >= 0.3 is 0 Å². The Morgan fingerprint density at radius 2 is 1.80 bits per heavy atom. The third-order valence-electron chi connectivity index (χ3n) is 3.08. The predicted octanol–water partition coefficient (Wildman–Crippen LogP) is 3.98. The van der Waals surface area contributed by atoms with Crippen LogP contribution in [0.2, 0.25) is 0 Å². The Kier molecular flexibility index (Phi) is 4.73. The van der Waals surface area contributed by atoms with E-state index >= 15 is 0 Å². The van der Waals surface area contributed by atoms with Gasteiger partial charge in [-0.2, -0.15) is 0 Å². The van der Waals surface area contributed by atoms with Gasteiger partial charge in [0.2, 0.25) is 0 Å². The van der Waals surface area contributed by atoms with Crippen LogP contribution >= 0.6 is 15.9 Å². The van der Waals surface area contributed by atoms with E-state index in [1.807, 2.05) is 0 Å². The van der Waals surface area contributed by atoms with Gasteiger partial charge in [-0.05, 0) is 46.1 Å². The lowest BCUT2D eigenvalue weighted by molar-refractivity contribution is 0.398. The van der Waals surface area contributed by atoms with Crippen molar-refractivity contribution < 1.29 is 13.5 Å². The molecule has 2 rings (SSSR count). The minimum Gasteiger partial charge on any atom is -0.496 e. The predicted molar refractivity (Wildman–Crippen MR) is 77.7 cm³/mol. The maximum Gasteiger partial charge on any atom is 0.137 e. The van der Waals surface area contributed by atoms with Gasteiger partial charge in [-0.15, -0.1) is 0 Å². The smallest absolute Gasteiger partial charge is 0.137 e. The van der Waals surface area contributed by atoms with Gasteiger partial charge in [0, 0.05) is 11.6 Å². The second-order valence-electron chi connectivity index (χ2n) is 4.38. The van der Waals surface area contributed by atoms with Gasteiger partial charge in [-0.1, -0.05) is 18.2 Å². The van der Waals surface area contributed by atoms with Crippen LogP contribution in [-0.2, 0) is 6.42 Å². The molecule has 0 aliphatic carbocycles. The molecular formula is C15H14BrF2NO. The van der Waals surface area contributed by atoms with Crippen LogP contribution in [-0.4, -0.2) is 7.11 Å². The summed E-state index contributed by atoms with van der Waals surface area (Å²) in [5.74, 6) is -0.399. The van der Waals surface area contributed by atoms with E-state index in [1.54, 1.807) is 24.3 Å². The molecular weight excluding hydrogens is 328 g/mol. The van der Waals surface area contributed by atoms with E-state index in [1.165, 1.54) is 19.2 Å². The lowest BCUT2D eigenvalue weighted by atomic mass is 9.98. The summed E-state index contributed by atoms with van der Waals surface area (Å²) in [5.41, 5.74) is 7.04. The third kappa shape index (κ3) is 2.99. The van der Waals surface area contributed by atoms with E-state index in [2.05, 4.69) is 15.9 Å². The molecule has 5 heteroatoms. The van der Waals surface area contributed by atoms with Crippen molar-refractivity contribution in [3.8, 4) is 5.75 Å². The normalized spacial score (nSPS) is 12.2. The Morgan fingerprint density at radius 1 is 1.15 bits per heavy atom. The first-order chi connectivity index (χ1) is 9.54. The number of rotatable bonds is 4. The molecule has 0 aliphatic rings. The fourth-order valence-electron chi connectivity index (χ4n) is 2.10. The summed E-state index contributed by atoms with van der Waals surface area (Å²) < 4.78 is 32.9. The molecule has 0 spiro atoms. The molecule has 0 heterocycles. The molecule has 2 aromatic carbocycles. The van der Waals surface area contributed by atoms with Crippen LogP contribution in [0.1, 0.15) is 17.2 Å². The van der Waals surface area contributed by atoms with Crippen molar-refractivity contribution in [2.75, 3.05) is 7.11 Å². The van der Waals surface area contributed by atoms with Crippen LogP contribution in [0.4, 0.5) is 8.78 Å². The van der Waals surface area contributed by atoms with E-state index in [0.717, 1.165) is 0 Å². The summed E-state index contributed by atoms with van der Waals surface area (Å²) in [6.07, 6.45) is 0.301. The minimum atomic E-state index is -0.621. The molecule has 0 radical (unpaired) electrons. The molecule has 2 nitrogen and oxygen atoms in total. The molecule has 106 valence electrons. The Balaban J connectivity index is 2.33. The molecule has 0 saturated heterocycles. The van der Waals surface area contributed by atoms with Crippen LogP contribution in [0.15, 0.2) is 40.9 Å². The Hall–Kier alpha value is -1.46. The van der Waals surface area contributed by atoms with Crippen molar-refractivity contribution in [3.05, 3.63) is 63.6 Å². The first-order valence-corrected chi connectivity index (χ1v) is 6.84. The van der Waals surface area contributed by atoms with Gasteiger partial charge in [-0.25, -0.2) is 8.78 Å². The lowest BCUT2D eigenvalue weighted by Gasteiger charge is -2.17. The summed E-state index contributed by atoms with van der Waals surface area (Å²) in [6, 6.07) is 8.62. The number of halogens is 3. The topological polar surface area (TPSA) is 35.2 Å². The second kappa shape index (κ2) is 6.33. The molecule has 2 aromatic rings. The van der Waals surface area contributed by atoms with Crippen LogP contribution in [0.25, 0.3) is 0 Å². The molecule has 1 unspecified atom stereocenters. The Labute approximate surface area is 124 Å². The maximum absolute atomic E-state index is 13.9. The number of methoxy groups -OCH3 is 1. The van der Waals surface area contributed by atoms with E-state index in [0.29, 0.717) is 27.8 Å². The zero-order valence-corrected chi connectivity index (χ0v) is 12.5. The molecule has 0 fully saturated rings. The quantitative estimate of drug-likeness (QED) is 0.912. The molecule has 0 bridgehead atoms. The van der Waals surface area contributed by atoms with E-state index in [-0.39, 0.29) is 5.82 Å². The van der Waals surface area contributed by atoms with Gasteiger partial charge in [0.1, 0.15) is 17.4 Å². The molecule has 0 aromatic heterocycles. The Morgan fingerprint density at radius 3 is 2.50 bits per heavy atom. The molecule has 1 atom stereocenters. The highest BCUT2D eigenvalue weighted by Gasteiger charge is 2.19. The molecule has 0 saturated carbocycles. The van der Waals surface area contributed by atoms with E-state index in [9.17, 15) is 8.78 Å². The zero-order chi connectivity index (χ0) is 14.7. The summed E-state index contributed by atoms with van der Waals surface area (Å²) in [6.45, 7) is 0. The van der Waals surface area contributed by atoms with Crippen LogP contribution in [0.3, 0.4) is 0 Å². The van der Waals surface area contributed by atoms with Crippen molar-refractivity contribution in [1.82, 2.24) is 0 Å². The molecule has 2 N–H and O–H groups in total. The van der Waals surface area contributed by atoms with Gasteiger partial charge in [0.15, 0.2) is 0 Å². The average molecular weight is 342 g/mol. The van der Waals surface area contributed by atoms with Crippen LogP contribution < -0.4 is 10.5 Å². The average Bonchev–Trinajstić information content (AvgIpc) is 2.43. The zero-order valence-electron chi connectivity index (χ0n) is 10.9. The number of benzene rings is 2. The Bertz CT molecular complexity index is 619. The van der Waals surface area contributed by atoms with E-state index in [4.69, 9.17) is 10.5 Å². The third-order valence-corrected chi connectivity index (χ3v) is 3.96. The maximum atomic E-state index is 13.9. The van der Waals surface area contributed by atoms with Gasteiger partial charge in [-0.3, -0.25) is 0 Å². The minimum absolute atomic E-state index is 0.297. The monoisotopic (exact) mass is 341 g/mol. The number of hydrogen-bond donors (Lipinski definition) is 1. The van der Waals surface area contributed by atoms with Gasteiger partial charge in [0.25, 0.3) is 0 Å². The second-order valence-corrected chi connectivity index (χ2v) is 5.17. The first-order valence-electron chi connectivity index (χ1n) is 6.05. The van der Waals surface area contributed by atoms with Crippen molar-refractivity contribution in [3.63, 3.8) is 0 Å². The highest BCUT2D eigenvalue weighted by Crippen LogP contribution is 2.31. The lowest BCUT2D eigenvalue weighted by Crippen LogP contribution is -2.16. The summed E-state index contributed by atoms with van der Waals surface area (Å²) >= 11 is 3.18. The van der Waals surface area contributed by atoms with E-state index < -0.39 is 11.9 Å². The number of nitrogens with two attached hydrogens (primary N) is 1. The number of ether oxygens (including phenoxy) is 1. The molecule has 20 heavy (non-hydrogen) atoms. The SMILES string of the molecule is COc1cccc(F)c1C(N)Cc1cccc(F)c1Br. The summed E-state index contributed by atoms with van der Waals surface area (Å²) in [4.78, 5) is 0. The van der Waals surface area contributed by atoms with Crippen LogP contribution in [0, 0.1) is 11.6 Å². The molecule has 0 aliphatic heterocycles. The molecule has 0 amide bonds. The summed E-state index contributed by atoms with van der Waals surface area (Å²) in [7, 11) is 1.46. The number of hydrogen-bond acceptors (Lipinski definition) is 2. The van der Waals surface area contributed by atoms with Gasteiger partial charge < -0.3 is 10.5 Å². The highest BCUT2D eigenvalue weighted by atomic mass is 79.9. The largest absolute Gasteiger partial charge is 0.496 e. The fourth-order valence-corrected chi connectivity index (χ4v) is 2.53. The van der Waals surface area contributed by atoms with Crippen molar-refractivity contribution in [2.24, 2.45) is 5.73 Å². The van der Waals surface area contributed by atoms with Crippen molar-refractivity contribution >= 4 is 15.9 Å². The fraction of sp³-hybridized carbons (Fsp3) is 0.200. The summed E-state index contributed by atoms with van der Waals surface area (Å²) in [5, 5.41) is 0.